The average molecular weight is 450 g/mol. The number of hydrogen-bond acceptors (Lipinski definition) is 4. The van der Waals surface area contributed by atoms with Gasteiger partial charge in [0.25, 0.3) is 0 Å². The number of hydrogen-bond donors (Lipinski definition) is 1. The van der Waals surface area contributed by atoms with Gasteiger partial charge < -0.3 is 9.84 Å². The van der Waals surface area contributed by atoms with E-state index in [2.05, 4.69) is 0 Å². The van der Waals surface area contributed by atoms with Crippen LogP contribution in [0.4, 0.5) is 4.79 Å². The molecule has 4 rings (SSSR count). The molecule has 0 aromatic heterocycles. The Morgan fingerprint density at radius 2 is 1.57 bits per heavy atom. The lowest BCUT2D eigenvalue weighted by atomic mass is 9.74. The largest absolute Gasteiger partial charge is 0.507 e. The molecule has 1 N–H and O–H groups in total. The van der Waals surface area contributed by atoms with Gasteiger partial charge in [-0.1, -0.05) is 48.7 Å². The number of carbonyl (C=O) groups is 1. The molecule has 1 saturated heterocycles. The number of sulfonamides is 1. The molecule has 3 atom stereocenters. The summed E-state index contributed by atoms with van der Waals surface area (Å²) >= 11 is 5.93. The minimum atomic E-state index is -3.89. The fourth-order valence-electron chi connectivity index (χ4n) is 4.71. The van der Waals surface area contributed by atoms with Crippen molar-refractivity contribution in [1.29, 1.82) is 0 Å². The molecule has 1 aliphatic carbocycles. The molecule has 2 aromatic carbocycles. The number of carboxylic acid groups (broad SMARTS) is 1. The van der Waals surface area contributed by atoms with Crippen LogP contribution in [0.25, 0.3) is 11.1 Å². The van der Waals surface area contributed by atoms with Gasteiger partial charge in [0.2, 0.25) is 10.0 Å². The molecule has 3 unspecified atom stereocenters. The first kappa shape index (κ1) is 21.2. The van der Waals surface area contributed by atoms with Gasteiger partial charge in [-0.25, -0.2) is 13.2 Å². The van der Waals surface area contributed by atoms with Crippen molar-refractivity contribution in [1.82, 2.24) is 4.31 Å². The summed E-state index contributed by atoms with van der Waals surface area (Å²) in [6, 6.07) is 13.9. The zero-order chi connectivity index (χ0) is 21.3. The normalized spacial score (nSPS) is 24.8. The molecule has 0 bridgehead atoms. The Labute approximate surface area is 181 Å². The number of halogens is 1. The van der Waals surface area contributed by atoms with Crippen LogP contribution < -0.4 is 0 Å². The van der Waals surface area contributed by atoms with Gasteiger partial charge in [0.15, 0.2) is 6.23 Å². The topological polar surface area (TPSA) is 83.9 Å². The van der Waals surface area contributed by atoms with Crippen molar-refractivity contribution in [2.75, 3.05) is 6.54 Å². The van der Waals surface area contributed by atoms with Crippen molar-refractivity contribution in [3.63, 3.8) is 0 Å². The molecule has 2 aliphatic rings. The third-order valence-electron chi connectivity index (χ3n) is 6.20. The Morgan fingerprint density at radius 3 is 2.20 bits per heavy atom. The fourth-order valence-corrected chi connectivity index (χ4v) is 6.40. The van der Waals surface area contributed by atoms with Crippen molar-refractivity contribution in [2.45, 2.75) is 43.2 Å². The van der Waals surface area contributed by atoms with Crippen molar-refractivity contribution in [3.05, 3.63) is 53.6 Å². The van der Waals surface area contributed by atoms with Crippen LogP contribution in [0.2, 0.25) is 5.02 Å². The number of ether oxygens (including phenoxy) is 1. The van der Waals surface area contributed by atoms with Crippen molar-refractivity contribution in [3.8, 4) is 11.1 Å². The van der Waals surface area contributed by atoms with Crippen LogP contribution in [-0.2, 0) is 14.8 Å². The van der Waals surface area contributed by atoms with E-state index in [1.165, 1.54) is 4.31 Å². The standard InChI is InChI=1S/C22H24ClNO5S/c23-18-9-5-15(6-10-18)16-7-11-19(12-8-16)30(27,28)24-14-13-17-3-1-2-4-20(17)21(24)29-22(25)26/h5-12,17,20-21H,1-4,13-14H2,(H,25,26). The van der Waals surface area contributed by atoms with E-state index in [1.54, 1.807) is 36.4 Å². The van der Waals surface area contributed by atoms with E-state index < -0.39 is 22.4 Å². The summed E-state index contributed by atoms with van der Waals surface area (Å²) in [4.78, 5) is 11.5. The number of benzene rings is 2. The van der Waals surface area contributed by atoms with Crippen molar-refractivity contribution < 1.29 is 23.1 Å². The predicted octanol–water partition coefficient (Wildman–Crippen LogP) is 5.23. The lowest BCUT2D eigenvalue weighted by molar-refractivity contribution is -0.0819. The molecule has 2 aromatic rings. The third-order valence-corrected chi connectivity index (χ3v) is 8.33. The van der Waals surface area contributed by atoms with Crippen LogP contribution in [0.3, 0.4) is 0 Å². The predicted molar refractivity (Wildman–Crippen MR) is 114 cm³/mol. The molecule has 0 spiro atoms. The maximum Gasteiger partial charge on any atom is 0.507 e. The zero-order valence-corrected chi connectivity index (χ0v) is 18.0. The van der Waals surface area contributed by atoms with Gasteiger partial charge in [0.1, 0.15) is 0 Å². The Bertz CT molecular complexity index is 1010. The van der Waals surface area contributed by atoms with Crippen molar-refractivity contribution >= 4 is 27.8 Å². The molecular weight excluding hydrogens is 426 g/mol. The lowest BCUT2D eigenvalue weighted by Gasteiger charge is -2.45. The number of nitrogens with zero attached hydrogens (tertiary/aromatic N) is 1. The molecule has 160 valence electrons. The Kier molecular flexibility index (Phi) is 6.04. The Morgan fingerprint density at radius 1 is 0.967 bits per heavy atom. The first-order valence-electron chi connectivity index (χ1n) is 10.1. The highest BCUT2D eigenvalue weighted by Crippen LogP contribution is 2.42. The summed E-state index contributed by atoms with van der Waals surface area (Å²) in [6.45, 7) is 0.264. The molecule has 1 saturated carbocycles. The monoisotopic (exact) mass is 449 g/mol. The van der Waals surface area contributed by atoms with Gasteiger partial charge in [-0.15, -0.1) is 0 Å². The Balaban J connectivity index is 1.62. The maximum absolute atomic E-state index is 13.4. The summed E-state index contributed by atoms with van der Waals surface area (Å²) in [7, 11) is -3.89. The molecule has 0 radical (unpaired) electrons. The highest BCUT2D eigenvalue weighted by molar-refractivity contribution is 7.89. The molecule has 0 amide bonds. The first-order valence-corrected chi connectivity index (χ1v) is 12.0. The van der Waals surface area contributed by atoms with Crippen LogP contribution in [-0.4, -0.2) is 36.8 Å². The average Bonchev–Trinajstić information content (AvgIpc) is 2.74. The summed E-state index contributed by atoms with van der Waals surface area (Å²) in [6.07, 6.45) is 2.15. The number of rotatable bonds is 4. The zero-order valence-electron chi connectivity index (χ0n) is 16.4. The second kappa shape index (κ2) is 8.57. The summed E-state index contributed by atoms with van der Waals surface area (Å²) in [5.41, 5.74) is 1.80. The molecule has 30 heavy (non-hydrogen) atoms. The van der Waals surface area contributed by atoms with Crippen LogP contribution in [0, 0.1) is 11.8 Å². The van der Waals surface area contributed by atoms with Gasteiger partial charge in [-0.05, 0) is 60.6 Å². The van der Waals surface area contributed by atoms with Gasteiger partial charge in [-0.3, -0.25) is 0 Å². The van der Waals surface area contributed by atoms with E-state index in [-0.39, 0.29) is 17.4 Å². The highest BCUT2D eigenvalue weighted by atomic mass is 35.5. The minimum absolute atomic E-state index is 0.0910. The minimum Gasteiger partial charge on any atom is -0.450 e. The third kappa shape index (κ3) is 4.19. The molecular formula is C22H24ClNO5S. The SMILES string of the molecule is O=C(O)OC1C2CCCCC2CCN1S(=O)(=O)c1ccc(-c2ccc(Cl)cc2)cc1. The van der Waals surface area contributed by atoms with Gasteiger partial charge >= 0.3 is 6.16 Å². The first-order chi connectivity index (χ1) is 14.4. The highest BCUT2D eigenvalue weighted by Gasteiger charge is 2.46. The second-order valence-corrected chi connectivity index (χ2v) is 10.2. The summed E-state index contributed by atoms with van der Waals surface area (Å²) in [5.74, 6) is 0.216. The van der Waals surface area contributed by atoms with Gasteiger partial charge in [-0.2, -0.15) is 4.31 Å². The fraction of sp³-hybridized carbons (Fsp3) is 0.409. The van der Waals surface area contributed by atoms with Gasteiger partial charge in [0, 0.05) is 17.5 Å². The number of piperidine rings is 1. The van der Waals surface area contributed by atoms with E-state index in [9.17, 15) is 18.3 Å². The molecule has 1 aliphatic heterocycles. The molecule has 8 heteroatoms. The van der Waals surface area contributed by atoms with E-state index in [0.717, 1.165) is 43.2 Å². The second-order valence-electron chi connectivity index (χ2n) is 7.92. The van der Waals surface area contributed by atoms with E-state index in [4.69, 9.17) is 16.3 Å². The smallest absolute Gasteiger partial charge is 0.450 e. The molecule has 1 heterocycles. The summed E-state index contributed by atoms with van der Waals surface area (Å²) in [5, 5.41) is 9.87. The van der Waals surface area contributed by atoms with E-state index in [1.807, 2.05) is 12.1 Å². The maximum atomic E-state index is 13.4. The molecule has 6 nitrogen and oxygen atoms in total. The van der Waals surface area contributed by atoms with E-state index >= 15 is 0 Å². The summed E-state index contributed by atoms with van der Waals surface area (Å²) < 4.78 is 33.1. The molecule has 2 fully saturated rings. The Hall–Kier alpha value is -2.09. The van der Waals surface area contributed by atoms with Crippen LogP contribution in [0.5, 0.6) is 0 Å². The lowest BCUT2D eigenvalue weighted by Crippen LogP contribution is -2.54. The van der Waals surface area contributed by atoms with Crippen LogP contribution >= 0.6 is 11.6 Å². The quantitative estimate of drug-likeness (QED) is 0.646. The van der Waals surface area contributed by atoms with Crippen LogP contribution in [0.1, 0.15) is 32.1 Å². The van der Waals surface area contributed by atoms with Crippen LogP contribution in [0.15, 0.2) is 53.4 Å². The van der Waals surface area contributed by atoms with Gasteiger partial charge in [0.05, 0.1) is 4.90 Å². The van der Waals surface area contributed by atoms with E-state index in [0.29, 0.717) is 10.9 Å². The number of fused-ring (bicyclic) bond motifs is 1. The van der Waals surface area contributed by atoms with Crippen molar-refractivity contribution in [2.24, 2.45) is 11.8 Å².